The van der Waals surface area contributed by atoms with Crippen molar-refractivity contribution in [2.75, 3.05) is 11.1 Å². The molecule has 2 heterocycles. The molecular formula is C24H35N5O4S2. The molecule has 0 unspecified atom stereocenters. The van der Waals surface area contributed by atoms with E-state index in [0.29, 0.717) is 10.7 Å². The quantitative estimate of drug-likeness (QED) is 0.327. The van der Waals surface area contributed by atoms with Crippen molar-refractivity contribution < 1.29 is 19.1 Å². The van der Waals surface area contributed by atoms with Crippen LogP contribution >= 0.6 is 23.1 Å². The molecule has 1 fully saturated rings. The van der Waals surface area contributed by atoms with Crippen molar-refractivity contribution in [2.24, 2.45) is 11.7 Å². The molecule has 11 heteroatoms. The van der Waals surface area contributed by atoms with Crippen molar-refractivity contribution in [2.45, 2.75) is 90.4 Å². The SMILES string of the molecule is CCn1c(CCC2CCCCC2)nnc1SCC(=O)Nc1sc(C(N)=O)c(C)c1C(=O)OC(C)C. The summed E-state index contributed by atoms with van der Waals surface area (Å²) < 4.78 is 7.36. The molecule has 9 nitrogen and oxygen atoms in total. The number of aromatic nitrogens is 3. The van der Waals surface area contributed by atoms with Gasteiger partial charge in [0.05, 0.1) is 22.3 Å². The number of hydrogen-bond donors (Lipinski definition) is 2. The Hall–Kier alpha value is -2.40. The highest BCUT2D eigenvalue weighted by atomic mass is 32.2. The van der Waals surface area contributed by atoms with Crippen molar-refractivity contribution in [1.82, 2.24) is 14.8 Å². The predicted octanol–water partition coefficient (Wildman–Crippen LogP) is 4.58. The van der Waals surface area contributed by atoms with Gasteiger partial charge in [0.15, 0.2) is 5.16 Å². The fourth-order valence-corrected chi connectivity index (χ4v) is 6.27. The second-order valence-electron chi connectivity index (χ2n) is 9.10. The minimum Gasteiger partial charge on any atom is -0.459 e. The second-order valence-corrected chi connectivity index (χ2v) is 11.1. The molecule has 35 heavy (non-hydrogen) atoms. The highest BCUT2D eigenvalue weighted by Gasteiger charge is 2.26. The van der Waals surface area contributed by atoms with Gasteiger partial charge >= 0.3 is 5.97 Å². The summed E-state index contributed by atoms with van der Waals surface area (Å²) in [6.45, 7) is 7.86. The van der Waals surface area contributed by atoms with Gasteiger partial charge in [-0.3, -0.25) is 9.59 Å². The molecule has 0 saturated heterocycles. The number of nitrogens with two attached hydrogens (primary N) is 1. The van der Waals surface area contributed by atoms with Crippen LogP contribution in [0.5, 0.6) is 0 Å². The first-order valence-corrected chi connectivity index (χ1v) is 14.0. The molecule has 2 amide bonds. The number of carbonyl (C=O) groups excluding carboxylic acids is 3. The summed E-state index contributed by atoms with van der Waals surface area (Å²) >= 11 is 2.28. The first-order chi connectivity index (χ1) is 16.7. The van der Waals surface area contributed by atoms with Crippen molar-refractivity contribution in [3.8, 4) is 0 Å². The minimum absolute atomic E-state index is 0.0856. The molecule has 1 aliphatic rings. The zero-order chi connectivity index (χ0) is 25.5. The maximum absolute atomic E-state index is 12.8. The number of carbonyl (C=O) groups is 3. The number of nitrogens with zero attached hydrogens (tertiary/aromatic N) is 3. The molecule has 1 saturated carbocycles. The molecular weight excluding hydrogens is 486 g/mol. The molecule has 0 spiro atoms. The Kier molecular flexibility index (Phi) is 9.73. The highest BCUT2D eigenvalue weighted by Crippen LogP contribution is 2.34. The lowest BCUT2D eigenvalue weighted by molar-refractivity contribution is -0.113. The van der Waals surface area contributed by atoms with Crippen molar-refractivity contribution in [3.63, 3.8) is 0 Å². The van der Waals surface area contributed by atoms with Gasteiger partial charge in [0, 0.05) is 13.0 Å². The lowest BCUT2D eigenvalue weighted by atomic mass is 9.86. The van der Waals surface area contributed by atoms with Gasteiger partial charge in [-0.1, -0.05) is 43.9 Å². The number of thioether (sulfide) groups is 1. The molecule has 0 aromatic carbocycles. The van der Waals surface area contributed by atoms with Crippen LogP contribution in [0.15, 0.2) is 5.16 Å². The predicted molar refractivity (Wildman–Crippen MR) is 138 cm³/mol. The number of nitrogens with one attached hydrogen (secondary N) is 1. The standard InChI is InChI=1S/C24H35N5O4S2/c1-5-29-17(12-11-16-9-7-6-8-10-16)27-28-24(29)34-13-18(30)26-22-19(23(32)33-14(2)3)15(4)20(35-22)21(25)31/h14,16H,5-13H2,1-4H3,(H2,25,31)(H,26,30). The van der Waals surface area contributed by atoms with E-state index in [1.807, 2.05) is 6.92 Å². The Morgan fingerprint density at radius 2 is 1.94 bits per heavy atom. The minimum atomic E-state index is -0.655. The van der Waals surface area contributed by atoms with Crippen LogP contribution in [0.3, 0.4) is 0 Å². The smallest absolute Gasteiger partial charge is 0.341 e. The Morgan fingerprint density at radius 3 is 2.57 bits per heavy atom. The van der Waals surface area contributed by atoms with Crippen LogP contribution < -0.4 is 11.1 Å². The largest absolute Gasteiger partial charge is 0.459 e. The molecule has 1 aliphatic carbocycles. The van der Waals surface area contributed by atoms with Crippen LogP contribution in [0.2, 0.25) is 0 Å². The number of esters is 1. The summed E-state index contributed by atoms with van der Waals surface area (Å²) in [5, 5.41) is 12.4. The lowest BCUT2D eigenvalue weighted by Gasteiger charge is -2.21. The molecule has 0 atom stereocenters. The van der Waals surface area contributed by atoms with Crippen molar-refractivity contribution in [3.05, 3.63) is 21.8 Å². The summed E-state index contributed by atoms with van der Waals surface area (Å²) in [6.07, 6.45) is 8.27. The van der Waals surface area contributed by atoms with Crippen LogP contribution in [0, 0.1) is 12.8 Å². The normalized spacial score (nSPS) is 14.3. The summed E-state index contributed by atoms with van der Waals surface area (Å²) in [7, 11) is 0. The van der Waals surface area contributed by atoms with Crippen LogP contribution in [-0.2, 0) is 22.5 Å². The molecule has 0 aliphatic heterocycles. The van der Waals surface area contributed by atoms with E-state index in [1.54, 1.807) is 20.8 Å². The first kappa shape index (κ1) is 27.2. The molecule has 3 N–H and O–H groups in total. The topological polar surface area (TPSA) is 129 Å². The lowest BCUT2D eigenvalue weighted by Crippen LogP contribution is -2.18. The Labute approximate surface area is 214 Å². The average molecular weight is 522 g/mol. The van der Waals surface area contributed by atoms with Gasteiger partial charge in [0.25, 0.3) is 5.91 Å². The summed E-state index contributed by atoms with van der Waals surface area (Å²) in [4.78, 5) is 37.4. The van der Waals surface area contributed by atoms with Crippen molar-refractivity contribution >= 4 is 45.9 Å². The number of anilines is 1. The van der Waals surface area contributed by atoms with E-state index < -0.39 is 11.9 Å². The third-order valence-corrected chi connectivity index (χ3v) is 8.30. The van der Waals surface area contributed by atoms with E-state index in [-0.39, 0.29) is 33.2 Å². The van der Waals surface area contributed by atoms with E-state index in [1.165, 1.54) is 43.9 Å². The van der Waals surface area contributed by atoms with Crippen LogP contribution in [-0.4, -0.2) is 44.4 Å². The molecule has 0 bridgehead atoms. The number of aryl methyl sites for hydroxylation is 1. The summed E-state index contributed by atoms with van der Waals surface area (Å²) in [5.41, 5.74) is 6.03. The second kappa shape index (κ2) is 12.5. The number of primary amides is 1. The Bertz CT molecular complexity index is 1060. The van der Waals surface area contributed by atoms with Crippen LogP contribution in [0.4, 0.5) is 5.00 Å². The van der Waals surface area contributed by atoms with E-state index in [0.717, 1.165) is 42.5 Å². The van der Waals surface area contributed by atoms with E-state index in [9.17, 15) is 14.4 Å². The van der Waals surface area contributed by atoms with E-state index >= 15 is 0 Å². The first-order valence-electron chi connectivity index (χ1n) is 12.2. The van der Waals surface area contributed by atoms with Gasteiger partial charge in [-0.2, -0.15) is 0 Å². The average Bonchev–Trinajstić information content (AvgIpc) is 3.36. The third kappa shape index (κ3) is 7.07. The van der Waals surface area contributed by atoms with Gasteiger partial charge in [-0.05, 0) is 45.6 Å². The summed E-state index contributed by atoms with van der Waals surface area (Å²) in [5.74, 6) is 0.237. The molecule has 2 aromatic heterocycles. The van der Waals surface area contributed by atoms with Crippen LogP contribution in [0.25, 0.3) is 0 Å². The Morgan fingerprint density at radius 1 is 1.23 bits per heavy atom. The molecule has 0 radical (unpaired) electrons. The molecule has 2 aromatic rings. The monoisotopic (exact) mass is 521 g/mol. The van der Waals surface area contributed by atoms with Gasteiger partial charge in [-0.25, -0.2) is 4.79 Å². The Balaban J connectivity index is 1.65. The zero-order valence-corrected chi connectivity index (χ0v) is 22.5. The van der Waals surface area contributed by atoms with E-state index in [2.05, 4.69) is 20.1 Å². The molecule has 192 valence electrons. The highest BCUT2D eigenvalue weighted by molar-refractivity contribution is 7.99. The number of rotatable bonds is 11. The summed E-state index contributed by atoms with van der Waals surface area (Å²) in [6, 6.07) is 0. The van der Waals surface area contributed by atoms with Gasteiger partial charge in [-0.15, -0.1) is 21.5 Å². The third-order valence-electron chi connectivity index (χ3n) is 6.11. The zero-order valence-electron chi connectivity index (χ0n) is 20.9. The van der Waals surface area contributed by atoms with Gasteiger partial charge in [0.1, 0.15) is 10.8 Å². The maximum Gasteiger partial charge on any atom is 0.341 e. The maximum atomic E-state index is 12.8. The van der Waals surface area contributed by atoms with Gasteiger partial charge < -0.3 is 20.4 Å². The number of amides is 2. The number of ether oxygens (including phenoxy) is 1. The molecule has 3 rings (SSSR count). The fraction of sp³-hybridized carbons (Fsp3) is 0.625. The number of thiophene rings is 1. The fourth-order valence-electron chi connectivity index (χ4n) is 4.39. The van der Waals surface area contributed by atoms with Crippen molar-refractivity contribution in [1.29, 1.82) is 0 Å². The van der Waals surface area contributed by atoms with Gasteiger partial charge in [0.2, 0.25) is 5.91 Å². The van der Waals surface area contributed by atoms with Crippen LogP contribution in [0.1, 0.15) is 90.7 Å². The number of hydrogen-bond acceptors (Lipinski definition) is 8. The van der Waals surface area contributed by atoms with E-state index in [4.69, 9.17) is 10.5 Å².